The standard InChI is InChI=1S/C32H21NO4/c34-27(37-18-19-6-2-1-3-7-19)16-17-33-31(35)25-14-12-23-21-10-4-8-20-9-5-11-22(28(20)21)24-13-15-26(32(33)36)30(25)29(23)24/h1-15H,16-18H2. The summed E-state index contributed by atoms with van der Waals surface area (Å²) < 4.78 is 5.34. The lowest BCUT2D eigenvalue weighted by molar-refractivity contribution is -0.145. The second kappa shape index (κ2) is 8.14. The molecule has 6 aromatic carbocycles. The van der Waals surface area contributed by atoms with Crippen molar-refractivity contribution in [3.8, 4) is 0 Å². The van der Waals surface area contributed by atoms with E-state index in [2.05, 4.69) is 24.3 Å². The quantitative estimate of drug-likeness (QED) is 0.122. The minimum Gasteiger partial charge on any atom is -0.461 e. The fraction of sp³-hybridized carbons (Fsp3) is 0.0938. The lowest BCUT2D eigenvalue weighted by Crippen LogP contribution is -2.41. The minimum atomic E-state index is -0.454. The van der Waals surface area contributed by atoms with Crippen LogP contribution in [0.1, 0.15) is 32.7 Å². The average Bonchev–Trinajstić information content (AvgIpc) is 2.94. The van der Waals surface area contributed by atoms with Crippen LogP contribution in [-0.2, 0) is 16.1 Å². The largest absolute Gasteiger partial charge is 0.461 e. The van der Waals surface area contributed by atoms with Crippen LogP contribution in [0.3, 0.4) is 0 Å². The van der Waals surface area contributed by atoms with Crippen LogP contribution >= 0.6 is 0 Å². The van der Waals surface area contributed by atoms with E-state index in [1.807, 2.05) is 66.7 Å². The highest BCUT2D eigenvalue weighted by atomic mass is 16.5. The third-order valence-corrected chi connectivity index (χ3v) is 7.38. The molecule has 7 rings (SSSR count). The van der Waals surface area contributed by atoms with E-state index in [1.54, 1.807) is 0 Å². The van der Waals surface area contributed by atoms with Crippen molar-refractivity contribution in [3.63, 3.8) is 0 Å². The Morgan fingerprint density at radius 3 is 1.84 bits per heavy atom. The van der Waals surface area contributed by atoms with Crippen LogP contribution in [-0.4, -0.2) is 29.2 Å². The zero-order valence-corrected chi connectivity index (χ0v) is 19.9. The lowest BCUT2D eigenvalue weighted by atomic mass is 9.85. The molecule has 0 saturated carbocycles. The molecule has 0 saturated heterocycles. The molecule has 6 aromatic rings. The van der Waals surface area contributed by atoms with Crippen LogP contribution in [0.4, 0.5) is 0 Å². The number of hydrogen-bond donors (Lipinski definition) is 0. The molecule has 0 spiro atoms. The Morgan fingerprint density at radius 1 is 0.622 bits per heavy atom. The Bertz CT molecular complexity index is 1790. The molecule has 0 N–H and O–H groups in total. The van der Waals surface area contributed by atoms with E-state index in [1.165, 1.54) is 10.3 Å². The van der Waals surface area contributed by atoms with Crippen molar-refractivity contribution in [1.29, 1.82) is 0 Å². The van der Waals surface area contributed by atoms with Crippen LogP contribution in [0, 0.1) is 0 Å². The predicted octanol–water partition coefficient (Wildman–Crippen LogP) is 6.47. The molecule has 5 heteroatoms. The molecule has 1 aliphatic rings. The first kappa shape index (κ1) is 21.5. The van der Waals surface area contributed by atoms with Crippen LogP contribution in [0.25, 0.3) is 43.1 Å². The Hall–Kier alpha value is -4.77. The SMILES string of the molecule is O=C(CCN1C(=O)c2ccc3c4cccc5cccc(c6ccc(c2c36)C1=O)c54)OCc1ccccc1. The van der Waals surface area contributed by atoms with Crippen molar-refractivity contribution in [2.24, 2.45) is 0 Å². The summed E-state index contributed by atoms with van der Waals surface area (Å²) in [6.07, 6.45) is -0.0612. The molecule has 0 unspecified atom stereocenters. The molecule has 0 aliphatic carbocycles. The van der Waals surface area contributed by atoms with Crippen LogP contribution in [0.15, 0.2) is 91.0 Å². The fourth-order valence-electron chi connectivity index (χ4n) is 5.69. The van der Waals surface area contributed by atoms with Gasteiger partial charge in [0.1, 0.15) is 6.61 Å². The molecule has 178 valence electrons. The average molecular weight is 484 g/mol. The van der Waals surface area contributed by atoms with Crippen molar-refractivity contribution < 1.29 is 19.1 Å². The molecule has 0 fully saturated rings. The van der Waals surface area contributed by atoms with E-state index in [0.29, 0.717) is 16.5 Å². The van der Waals surface area contributed by atoms with Gasteiger partial charge in [0.05, 0.1) is 6.42 Å². The number of fused-ring (bicyclic) bond motifs is 2. The third-order valence-electron chi connectivity index (χ3n) is 7.38. The number of rotatable bonds is 5. The number of carbonyl (C=O) groups is 3. The van der Waals surface area contributed by atoms with Crippen molar-refractivity contribution in [2.75, 3.05) is 6.54 Å². The number of ether oxygens (including phenoxy) is 1. The number of benzene rings is 6. The number of carbonyl (C=O) groups excluding carboxylic acids is 3. The third kappa shape index (κ3) is 3.21. The number of hydrogen-bond acceptors (Lipinski definition) is 4. The van der Waals surface area contributed by atoms with E-state index in [9.17, 15) is 14.4 Å². The Morgan fingerprint density at radius 2 is 1.22 bits per heavy atom. The molecule has 0 radical (unpaired) electrons. The van der Waals surface area contributed by atoms with Gasteiger partial charge in [-0.05, 0) is 55.4 Å². The zero-order chi connectivity index (χ0) is 25.1. The van der Waals surface area contributed by atoms with E-state index < -0.39 is 5.97 Å². The Kier molecular flexibility index (Phi) is 4.73. The van der Waals surface area contributed by atoms with E-state index in [4.69, 9.17) is 4.74 Å². The topological polar surface area (TPSA) is 63.7 Å². The maximum absolute atomic E-state index is 13.5. The second-order valence-corrected chi connectivity index (χ2v) is 9.44. The Labute approximate surface area is 212 Å². The first-order valence-electron chi connectivity index (χ1n) is 12.3. The van der Waals surface area contributed by atoms with Crippen molar-refractivity contribution in [3.05, 3.63) is 108 Å². The summed E-state index contributed by atoms with van der Waals surface area (Å²) in [6.45, 7) is 0.126. The van der Waals surface area contributed by atoms with Gasteiger partial charge in [-0.1, -0.05) is 78.9 Å². The van der Waals surface area contributed by atoms with Gasteiger partial charge in [-0.15, -0.1) is 0 Å². The molecule has 1 heterocycles. The van der Waals surface area contributed by atoms with Crippen LogP contribution < -0.4 is 0 Å². The maximum atomic E-state index is 13.5. The molecule has 2 amide bonds. The molecular weight excluding hydrogens is 462 g/mol. The highest BCUT2D eigenvalue weighted by Gasteiger charge is 2.34. The predicted molar refractivity (Wildman–Crippen MR) is 144 cm³/mol. The first-order valence-corrected chi connectivity index (χ1v) is 12.3. The number of imide groups is 1. The van der Waals surface area contributed by atoms with E-state index in [0.717, 1.165) is 37.9 Å². The van der Waals surface area contributed by atoms with Gasteiger partial charge in [-0.2, -0.15) is 0 Å². The normalized spacial score (nSPS) is 13.4. The van der Waals surface area contributed by atoms with Crippen LogP contribution in [0.2, 0.25) is 0 Å². The molecular formula is C32H21NO4. The van der Waals surface area contributed by atoms with E-state index >= 15 is 0 Å². The highest BCUT2D eigenvalue weighted by Crippen LogP contribution is 2.43. The van der Waals surface area contributed by atoms with Gasteiger partial charge in [0.25, 0.3) is 11.8 Å². The summed E-state index contributed by atoms with van der Waals surface area (Å²) in [5.41, 5.74) is 1.85. The Balaban J connectivity index is 1.27. The summed E-state index contributed by atoms with van der Waals surface area (Å²) in [5, 5.41) is 8.23. The molecule has 37 heavy (non-hydrogen) atoms. The summed E-state index contributed by atoms with van der Waals surface area (Å²) in [6, 6.07) is 29.5. The lowest BCUT2D eigenvalue weighted by Gasteiger charge is -2.28. The number of nitrogens with zero attached hydrogens (tertiary/aromatic N) is 1. The molecule has 0 aromatic heterocycles. The molecule has 5 nitrogen and oxygen atoms in total. The monoisotopic (exact) mass is 483 g/mol. The van der Waals surface area contributed by atoms with Gasteiger partial charge in [0.15, 0.2) is 0 Å². The van der Waals surface area contributed by atoms with Gasteiger partial charge in [0.2, 0.25) is 0 Å². The fourth-order valence-corrected chi connectivity index (χ4v) is 5.69. The highest BCUT2D eigenvalue weighted by molar-refractivity contribution is 6.38. The summed E-state index contributed by atoms with van der Waals surface area (Å²) in [7, 11) is 0. The maximum Gasteiger partial charge on any atom is 0.307 e. The van der Waals surface area contributed by atoms with E-state index in [-0.39, 0.29) is 31.4 Å². The van der Waals surface area contributed by atoms with Gasteiger partial charge in [-0.25, -0.2) is 0 Å². The van der Waals surface area contributed by atoms with Crippen molar-refractivity contribution >= 4 is 60.9 Å². The summed E-state index contributed by atoms with van der Waals surface area (Å²) >= 11 is 0. The molecule has 0 bridgehead atoms. The minimum absolute atomic E-state index is 0.0299. The van der Waals surface area contributed by atoms with Gasteiger partial charge in [0, 0.05) is 23.1 Å². The zero-order valence-electron chi connectivity index (χ0n) is 19.9. The molecule has 0 atom stereocenters. The summed E-state index contributed by atoms with van der Waals surface area (Å²) in [5.74, 6) is -1.21. The molecule has 1 aliphatic heterocycles. The summed E-state index contributed by atoms with van der Waals surface area (Å²) in [4.78, 5) is 40.6. The number of esters is 1. The number of amides is 2. The second-order valence-electron chi connectivity index (χ2n) is 9.44. The smallest absolute Gasteiger partial charge is 0.307 e. The van der Waals surface area contributed by atoms with Gasteiger partial charge < -0.3 is 4.74 Å². The van der Waals surface area contributed by atoms with Gasteiger partial charge in [-0.3, -0.25) is 19.3 Å². The first-order chi connectivity index (χ1) is 18.1. The van der Waals surface area contributed by atoms with Crippen molar-refractivity contribution in [2.45, 2.75) is 13.0 Å². The van der Waals surface area contributed by atoms with Crippen LogP contribution in [0.5, 0.6) is 0 Å². The van der Waals surface area contributed by atoms with Gasteiger partial charge >= 0.3 is 5.97 Å². The van der Waals surface area contributed by atoms with Crippen molar-refractivity contribution in [1.82, 2.24) is 4.90 Å².